The number of hydrogen-bond acceptors (Lipinski definition) is 9. The van der Waals surface area contributed by atoms with Crippen molar-refractivity contribution in [1.29, 1.82) is 0 Å². The van der Waals surface area contributed by atoms with Gasteiger partial charge in [0.05, 0.1) is 25.5 Å². The molecule has 16 heteroatoms. The van der Waals surface area contributed by atoms with E-state index in [0.717, 1.165) is 37.0 Å². The van der Waals surface area contributed by atoms with Crippen LogP contribution in [-0.2, 0) is 40.0 Å². The molecule has 0 saturated carbocycles. The predicted octanol–water partition coefficient (Wildman–Crippen LogP) is 1.33. The van der Waals surface area contributed by atoms with E-state index in [9.17, 15) is 43.8 Å². The number of phenolic OH excluding ortho intramolecular Hbond substituents is 2. The Morgan fingerprint density at radius 3 is 2.25 bits per heavy atom. The second-order valence-corrected chi connectivity index (χ2v) is 12.8. The number of phenols is 2. The summed E-state index contributed by atoms with van der Waals surface area (Å²) in [6.07, 6.45) is 5.26. The first-order chi connectivity index (χ1) is 24.8. The van der Waals surface area contributed by atoms with Gasteiger partial charge in [-0.25, -0.2) is 0 Å². The Morgan fingerprint density at radius 1 is 0.865 bits per heavy atom. The maximum absolute atomic E-state index is 13.7. The number of aromatic hydroxyl groups is 2. The number of nitrogens with one attached hydrogen (secondary N) is 5. The molecule has 0 spiro atoms. The van der Waals surface area contributed by atoms with Gasteiger partial charge >= 0.3 is 0 Å². The molecular formula is C36H47ClN6O9. The van der Waals surface area contributed by atoms with Gasteiger partial charge in [-0.1, -0.05) is 44.7 Å². The number of nitrogens with zero attached hydrogens (tertiary/aromatic N) is 1. The number of Topliss-reactive ketones (excluding diaryl/α,β-unsaturated/α-hetero) is 1. The number of carbonyl (C=O) groups excluding carboxylic acids is 7. The van der Waals surface area contributed by atoms with Gasteiger partial charge in [0.15, 0.2) is 5.78 Å². The molecule has 3 rings (SSSR count). The largest absolute Gasteiger partial charge is 0.507 e. The molecule has 0 aliphatic carbocycles. The van der Waals surface area contributed by atoms with Gasteiger partial charge in [-0.3, -0.25) is 33.6 Å². The monoisotopic (exact) mass is 742 g/mol. The van der Waals surface area contributed by atoms with Crippen molar-refractivity contribution in [1.82, 2.24) is 31.5 Å². The first-order valence-electron chi connectivity index (χ1n) is 17.2. The van der Waals surface area contributed by atoms with Gasteiger partial charge < -0.3 is 41.7 Å². The highest BCUT2D eigenvalue weighted by atomic mass is 35.5. The Morgan fingerprint density at radius 2 is 1.54 bits per heavy atom. The summed E-state index contributed by atoms with van der Waals surface area (Å²) >= 11 is 5.53. The van der Waals surface area contributed by atoms with Gasteiger partial charge in [-0.05, 0) is 41.8 Å². The number of likely N-dealkylation sites (N-methyl/N-ethyl adjacent to an activating group) is 1. The smallest absolute Gasteiger partial charge is 0.247 e. The molecule has 0 aromatic heterocycles. The first-order valence-corrected chi connectivity index (χ1v) is 17.7. The van der Waals surface area contributed by atoms with Gasteiger partial charge in [-0.15, -0.1) is 11.6 Å². The summed E-state index contributed by atoms with van der Waals surface area (Å²) < 4.78 is 0. The molecule has 2 atom stereocenters. The van der Waals surface area contributed by atoms with Crippen LogP contribution in [0.3, 0.4) is 0 Å². The van der Waals surface area contributed by atoms with Crippen LogP contribution in [0.25, 0.3) is 11.1 Å². The number of alkyl halides is 1. The average molecular weight is 743 g/mol. The Balaban J connectivity index is 1.78. The zero-order chi connectivity index (χ0) is 38.2. The van der Waals surface area contributed by atoms with E-state index in [2.05, 4.69) is 33.5 Å². The number of fused-ring (bicyclic) bond motifs is 5. The zero-order valence-corrected chi connectivity index (χ0v) is 30.1. The molecule has 7 N–H and O–H groups in total. The fraction of sp³-hybridized carbons (Fsp3) is 0.472. The van der Waals surface area contributed by atoms with E-state index in [4.69, 9.17) is 11.6 Å². The molecule has 0 saturated heterocycles. The molecule has 1 heterocycles. The highest BCUT2D eigenvalue weighted by molar-refractivity contribution is 6.28. The SMILES string of the molecule is CCCCCCCC(=O)NCCC(=O)NCC(=O)N(C)C1C(=O)NCC(=O)NC(C(=O)NCC(=O)CCl)Cc2ccc(O)c(c2)-c2cc1ccc2O. The standard InChI is InChI=1S/C36H47ClN6O9/c1-3-4-5-6-7-8-30(47)38-14-13-31(48)39-21-33(50)43(2)34-23-10-12-29(46)26(17-23)25-15-22(9-11-28(25)45)16-27(35(51)40-19-24(44)18-37)42-32(49)20-41-36(34)52/h9-12,15,17,27,34,45-46H,3-8,13-14,16,18-21H2,1-2H3,(H,38,47)(H,39,48)(H,40,51)(H,41,52)(H,42,49). The summed E-state index contributed by atoms with van der Waals surface area (Å²) in [5.41, 5.74) is 0.944. The minimum absolute atomic E-state index is 0.0660. The van der Waals surface area contributed by atoms with Gasteiger partial charge in [0.25, 0.3) is 0 Å². The van der Waals surface area contributed by atoms with Crippen molar-refractivity contribution in [3.05, 3.63) is 47.5 Å². The van der Waals surface area contributed by atoms with Gasteiger partial charge in [0.2, 0.25) is 35.4 Å². The van der Waals surface area contributed by atoms with Crippen LogP contribution in [0.1, 0.15) is 69.0 Å². The highest BCUT2D eigenvalue weighted by Crippen LogP contribution is 2.38. The lowest BCUT2D eigenvalue weighted by atomic mass is 9.94. The predicted molar refractivity (Wildman–Crippen MR) is 192 cm³/mol. The number of hydrogen-bond donors (Lipinski definition) is 7. The molecule has 0 radical (unpaired) electrons. The molecule has 2 aromatic carbocycles. The normalized spacial score (nSPS) is 15.7. The minimum atomic E-state index is -1.37. The van der Waals surface area contributed by atoms with Crippen molar-refractivity contribution >= 4 is 52.8 Å². The fourth-order valence-electron chi connectivity index (χ4n) is 5.55. The van der Waals surface area contributed by atoms with Crippen molar-refractivity contribution in [2.24, 2.45) is 0 Å². The van der Waals surface area contributed by atoms with E-state index in [1.54, 1.807) is 0 Å². The van der Waals surface area contributed by atoms with Crippen LogP contribution in [0.5, 0.6) is 11.5 Å². The number of carbonyl (C=O) groups is 7. The Labute approximate surface area is 307 Å². The molecule has 1 aliphatic rings. The molecule has 52 heavy (non-hydrogen) atoms. The van der Waals surface area contributed by atoms with Crippen LogP contribution < -0.4 is 26.6 Å². The van der Waals surface area contributed by atoms with Crippen LogP contribution in [0, 0.1) is 0 Å². The van der Waals surface area contributed by atoms with Crippen LogP contribution in [0.4, 0.5) is 0 Å². The van der Waals surface area contributed by atoms with Crippen LogP contribution >= 0.6 is 11.6 Å². The Bertz CT molecular complexity index is 1640. The molecule has 15 nitrogen and oxygen atoms in total. The van der Waals surface area contributed by atoms with Crippen molar-refractivity contribution in [3.8, 4) is 22.6 Å². The molecule has 2 aromatic rings. The summed E-state index contributed by atoms with van der Waals surface area (Å²) in [6.45, 7) is 0.761. The maximum Gasteiger partial charge on any atom is 0.247 e. The summed E-state index contributed by atoms with van der Waals surface area (Å²) in [4.78, 5) is 90.3. The van der Waals surface area contributed by atoms with E-state index < -0.39 is 60.5 Å². The lowest BCUT2D eigenvalue weighted by molar-refractivity contribution is -0.140. The Hall–Kier alpha value is -5.18. The average Bonchev–Trinajstić information content (AvgIpc) is 3.12. The molecule has 4 bridgehead atoms. The quantitative estimate of drug-likeness (QED) is 0.0972. The number of amides is 6. The first kappa shape index (κ1) is 41.2. The summed E-state index contributed by atoms with van der Waals surface area (Å²) in [6, 6.07) is 5.91. The van der Waals surface area contributed by atoms with Crippen molar-refractivity contribution in [2.75, 3.05) is 39.1 Å². The molecule has 282 valence electrons. The number of halogens is 1. The maximum atomic E-state index is 13.7. The second-order valence-electron chi connectivity index (χ2n) is 12.5. The van der Waals surface area contributed by atoms with Gasteiger partial charge in [0.1, 0.15) is 23.6 Å². The van der Waals surface area contributed by atoms with Gasteiger partial charge in [-0.2, -0.15) is 0 Å². The molecule has 6 amide bonds. The summed E-state index contributed by atoms with van der Waals surface area (Å²) in [5, 5.41) is 34.2. The van der Waals surface area contributed by atoms with E-state index in [-0.39, 0.29) is 65.9 Å². The highest BCUT2D eigenvalue weighted by Gasteiger charge is 2.31. The third-order valence-corrected chi connectivity index (χ3v) is 8.76. The summed E-state index contributed by atoms with van der Waals surface area (Å²) in [7, 11) is 1.33. The lowest BCUT2D eigenvalue weighted by Crippen LogP contribution is -2.52. The summed E-state index contributed by atoms with van der Waals surface area (Å²) in [5.74, 6) is -4.83. The van der Waals surface area contributed by atoms with Crippen LogP contribution in [-0.4, -0.2) is 101 Å². The van der Waals surface area contributed by atoms with Gasteiger partial charge in [0, 0.05) is 44.0 Å². The number of rotatable bonds is 16. The molecular weight excluding hydrogens is 696 g/mol. The van der Waals surface area contributed by atoms with Crippen molar-refractivity contribution in [2.45, 2.75) is 70.4 Å². The number of ketones is 1. The Kier molecular flexibility index (Phi) is 16.4. The molecule has 1 aliphatic heterocycles. The van der Waals surface area contributed by atoms with E-state index >= 15 is 0 Å². The second kappa shape index (κ2) is 20.6. The van der Waals surface area contributed by atoms with Crippen LogP contribution in [0.2, 0.25) is 0 Å². The molecule has 2 unspecified atom stereocenters. The van der Waals surface area contributed by atoms with Crippen molar-refractivity contribution < 1.29 is 43.8 Å². The molecule has 0 fully saturated rings. The van der Waals surface area contributed by atoms with Crippen molar-refractivity contribution in [3.63, 3.8) is 0 Å². The minimum Gasteiger partial charge on any atom is -0.507 e. The van der Waals surface area contributed by atoms with Crippen LogP contribution in [0.15, 0.2) is 36.4 Å². The van der Waals surface area contributed by atoms with E-state index in [0.29, 0.717) is 12.0 Å². The third kappa shape index (κ3) is 12.5. The van der Waals surface area contributed by atoms with E-state index in [1.807, 2.05) is 0 Å². The third-order valence-electron chi connectivity index (χ3n) is 8.46. The number of unbranched alkanes of at least 4 members (excludes halogenated alkanes) is 4. The topological polar surface area (TPSA) is 223 Å². The zero-order valence-electron chi connectivity index (χ0n) is 29.4. The number of benzene rings is 2. The lowest BCUT2D eigenvalue weighted by Gasteiger charge is -2.29. The fourth-order valence-corrected chi connectivity index (χ4v) is 5.65. The van der Waals surface area contributed by atoms with E-state index in [1.165, 1.54) is 43.4 Å².